The van der Waals surface area contributed by atoms with Gasteiger partial charge in [0.15, 0.2) is 0 Å². The smallest absolute Gasteiger partial charge is 0.232 e. The fraction of sp³-hybridized carbons (Fsp3) is 0.419. The van der Waals surface area contributed by atoms with Crippen molar-refractivity contribution in [3.8, 4) is 5.75 Å². The Morgan fingerprint density at radius 1 is 1.02 bits per heavy atom. The maximum Gasteiger partial charge on any atom is 0.232 e. The molecule has 2 aromatic heterocycles. The lowest BCUT2D eigenvalue weighted by molar-refractivity contribution is 0.155. The minimum atomic E-state index is -3.60. The zero-order chi connectivity index (χ0) is 31.8. The third-order valence-corrected chi connectivity index (χ3v) is 10.8. The molecule has 14 heteroatoms. The van der Waals surface area contributed by atoms with Crippen LogP contribution in [0.25, 0.3) is 11.0 Å². The number of methoxy groups -OCH3 is 1. The number of aromatic nitrogens is 4. The zero-order valence-corrected chi connectivity index (χ0v) is 28.3. The summed E-state index contributed by atoms with van der Waals surface area (Å²) in [5.41, 5.74) is 5.41. The third kappa shape index (κ3) is 6.49. The summed E-state index contributed by atoms with van der Waals surface area (Å²) in [4.78, 5) is 20.4. The molecule has 0 amide bonds. The number of rotatable bonds is 8. The van der Waals surface area contributed by atoms with Crippen LogP contribution in [0.5, 0.6) is 5.75 Å². The quantitative estimate of drug-likeness (QED) is 0.220. The summed E-state index contributed by atoms with van der Waals surface area (Å²) < 4.78 is 32.8. The number of aryl methyl sites for hydroxylation is 1. The van der Waals surface area contributed by atoms with Gasteiger partial charge >= 0.3 is 0 Å². The highest BCUT2D eigenvalue weighted by atomic mass is 79.9. The lowest BCUT2D eigenvalue weighted by atomic mass is 9.71. The van der Waals surface area contributed by atoms with Crippen molar-refractivity contribution >= 4 is 71.5 Å². The maximum atomic E-state index is 12.6. The Labute approximate surface area is 272 Å². The van der Waals surface area contributed by atoms with Crippen molar-refractivity contribution in [2.45, 2.75) is 32.6 Å². The van der Waals surface area contributed by atoms with Gasteiger partial charge in [-0.2, -0.15) is 4.98 Å². The second-order valence-electron chi connectivity index (χ2n) is 11.8. The first-order chi connectivity index (χ1) is 21.6. The van der Waals surface area contributed by atoms with E-state index >= 15 is 0 Å². The van der Waals surface area contributed by atoms with Crippen molar-refractivity contribution in [3.63, 3.8) is 0 Å². The topological polar surface area (TPSA) is 138 Å². The van der Waals surface area contributed by atoms with Crippen LogP contribution in [-0.2, 0) is 10.0 Å². The van der Waals surface area contributed by atoms with Crippen molar-refractivity contribution in [1.82, 2.24) is 25.3 Å². The van der Waals surface area contributed by atoms with E-state index in [1.165, 1.54) is 48.9 Å². The van der Waals surface area contributed by atoms with Gasteiger partial charge in [0.2, 0.25) is 16.0 Å². The minimum Gasteiger partial charge on any atom is -0.494 e. The number of nitrogens with zero attached hydrogens (tertiary/aromatic N) is 6. The van der Waals surface area contributed by atoms with Gasteiger partial charge in [0, 0.05) is 50.5 Å². The zero-order valence-electron chi connectivity index (χ0n) is 25.9. The van der Waals surface area contributed by atoms with E-state index in [4.69, 9.17) is 9.72 Å². The molecule has 1 spiro atoms. The Balaban J connectivity index is 1.26. The fourth-order valence-corrected chi connectivity index (χ4v) is 7.14. The number of benzene rings is 2. The minimum absolute atomic E-state index is 0.343. The molecule has 4 heterocycles. The van der Waals surface area contributed by atoms with Crippen LogP contribution >= 0.6 is 15.9 Å². The number of hydrogen-bond donors (Lipinski definition) is 3. The summed E-state index contributed by atoms with van der Waals surface area (Å²) in [6.07, 6.45) is 10.8. The Morgan fingerprint density at radius 3 is 2.47 bits per heavy atom. The molecule has 3 N–H and O–H groups in total. The Kier molecular flexibility index (Phi) is 8.72. The Bertz CT molecular complexity index is 1820. The molecule has 2 fully saturated rings. The molecule has 2 aliphatic heterocycles. The van der Waals surface area contributed by atoms with Gasteiger partial charge in [-0.1, -0.05) is 0 Å². The van der Waals surface area contributed by atoms with E-state index in [0.717, 1.165) is 43.7 Å². The number of nitrogens with one attached hydrogen (secondary N) is 3. The molecule has 6 rings (SSSR count). The number of halogens is 1. The van der Waals surface area contributed by atoms with Crippen LogP contribution in [0.4, 0.5) is 34.5 Å². The molecule has 0 aliphatic carbocycles. The van der Waals surface area contributed by atoms with Crippen LogP contribution in [0.3, 0.4) is 0 Å². The molecule has 0 saturated carbocycles. The number of sulfonamides is 1. The van der Waals surface area contributed by atoms with E-state index < -0.39 is 10.0 Å². The number of anilines is 6. The maximum absolute atomic E-state index is 12.6. The monoisotopic (exact) mass is 695 g/mol. The van der Waals surface area contributed by atoms with Crippen molar-refractivity contribution < 1.29 is 13.2 Å². The van der Waals surface area contributed by atoms with Gasteiger partial charge < -0.3 is 25.6 Å². The summed E-state index contributed by atoms with van der Waals surface area (Å²) in [5.74, 6) is 1.48. The van der Waals surface area contributed by atoms with Crippen LogP contribution < -0.4 is 29.9 Å². The van der Waals surface area contributed by atoms with Crippen LogP contribution in [0, 0.1) is 12.3 Å². The van der Waals surface area contributed by atoms with Crippen LogP contribution in [0.1, 0.15) is 31.2 Å². The van der Waals surface area contributed by atoms with Gasteiger partial charge in [0.25, 0.3) is 0 Å². The van der Waals surface area contributed by atoms with E-state index in [1.807, 2.05) is 0 Å². The number of fused-ring (bicyclic) bond motifs is 1. The summed E-state index contributed by atoms with van der Waals surface area (Å²) in [5, 5.41) is 10.1. The third-order valence-electron chi connectivity index (χ3n) is 9.02. The molecule has 2 aromatic carbocycles. The second-order valence-corrected chi connectivity index (χ2v) is 14.7. The number of piperidine rings is 2. The lowest BCUT2D eigenvalue weighted by Gasteiger charge is -2.45. The number of ether oxygens (including phenoxy) is 1. The van der Waals surface area contributed by atoms with Crippen LogP contribution in [0.2, 0.25) is 0 Å². The lowest BCUT2D eigenvalue weighted by Crippen LogP contribution is -2.45. The Morgan fingerprint density at radius 2 is 1.76 bits per heavy atom. The first kappa shape index (κ1) is 31.2. The van der Waals surface area contributed by atoms with Gasteiger partial charge in [-0.3, -0.25) is 14.3 Å². The normalized spacial score (nSPS) is 16.5. The highest BCUT2D eigenvalue weighted by Crippen LogP contribution is 2.43. The summed E-state index contributed by atoms with van der Waals surface area (Å²) >= 11 is 3.54. The van der Waals surface area contributed by atoms with Crippen LogP contribution in [0.15, 0.2) is 47.3 Å². The molecule has 12 nitrogen and oxygen atoms in total. The standard InChI is InChI=1S/C31H38BrN9O3S/c1-20-17-24(26(44-3)18-25(20)41-15-9-31(10-16-41)7-11-33-12-8-31)38-30-36-19-21(32)29(39-30)37-23-6-5-22-27(35-14-13-34-22)28(23)40(2)45(4,42)43/h5-6,13-14,17-19,33H,7-12,15-16H2,1-4H3,(H2,36,37,38,39). The number of hydrogen-bond acceptors (Lipinski definition) is 11. The molecule has 45 heavy (non-hydrogen) atoms. The first-order valence-electron chi connectivity index (χ1n) is 15.0. The van der Waals surface area contributed by atoms with E-state index in [9.17, 15) is 8.42 Å². The first-order valence-corrected chi connectivity index (χ1v) is 17.6. The SMILES string of the molecule is COc1cc(N2CCC3(CCNCC3)CC2)c(C)cc1Nc1ncc(Br)c(Nc2ccc3nccnc3c2N(C)S(C)(=O)=O)n1. The van der Waals surface area contributed by atoms with E-state index in [2.05, 4.69) is 70.8 Å². The highest BCUT2D eigenvalue weighted by molar-refractivity contribution is 9.10. The molecule has 238 valence electrons. The predicted molar refractivity (Wildman–Crippen MR) is 183 cm³/mol. The van der Waals surface area contributed by atoms with E-state index in [1.54, 1.807) is 31.6 Å². The fourth-order valence-electron chi connectivity index (χ4n) is 6.33. The molecule has 2 saturated heterocycles. The van der Waals surface area contributed by atoms with Crippen molar-refractivity contribution in [2.24, 2.45) is 5.41 Å². The molecular weight excluding hydrogens is 658 g/mol. The van der Waals surface area contributed by atoms with Gasteiger partial charge in [0.1, 0.15) is 22.8 Å². The molecule has 0 unspecified atom stereocenters. The summed E-state index contributed by atoms with van der Waals surface area (Å²) in [7, 11) is -0.453. The van der Waals surface area contributed by atoms with Crippen LogP contribution in [-0.4, -0.2) is 74.9 Å². The van der Waals surface area contributed by atoms with Crippen molar-refractivity contribution in [1.29, 1.82) is 0 Å². The molecule has 0 radical (unpaired) electrons. The molecular formula is C31H38BrN9O3S. The highest BCUT2D eigenvalue weighted by Gasteiger charge is 2.36. The van der Waals surface area contributed by atoms with Crippen molar-refractivity contribution in [3.05, 3.63) is 52.9 Å². The second kappa shape index (κ2) is 12.6. The average Bonchev–Trinajstić information content (AvgIpc) is 3.03. The Hall–Kier alpha value is -3.75. The summed E-state index contributed by atoms with van der Waals surface area (Å²) in [6, 6.07) is 7.71. The summed E-state index contributed by atoms with van der Waals surface area (Å²) in [6.45, 7) is 6.44. The average molecular weight is 697 g/mol. The largest absolute Gasteiger partial charge is 0.494 e. The van der Waals surface area contributed by atoms with Gasteiger partial charge in [-0.15, -0.1) is 0 Å². The van der Waals surface area contributed by atoms with Gasteiger partial charge in [0.05, 0.1) is 34.7 Å². The molecule has 4 aromatic rings. The molecule has 2 aliphatic rings. The van der Waals surface area contributed by atoms with E-state index in [0.29, 0.717) is 49.8 Å². The molecule has 0 bridgehead atoms. The predicted octanol–water partition coefficient (Wildman–Crippen LogP) is 5.35. The van der Waals surface area contributed by atoms with E-state index in [-0.39, 0.29) is 0 Å². The van der Waals surface area contributed by atoms with Gasteiger partial charge in [-0.25, -0.2) is 13.4 Å². The van der Waals surface area contributed by atoms with Crippen molar-refractivity contribution in [2.75, 3.05) is 66.4 Å². The van der Waals surface area contributed by atoms with Gasteiger partial charge in [-0.05, 0) is 90.8 Å². The molecule has 0 atom stereocenters.